The second kappa shape index (κ2) is 6.42. The Hall–Kier alpha value is -1.07. The lowest BCUT2D eigenvalue weighted by molar-refractivity contribution is -0.138. The third-order valence-corrected chi connectivity index (χ3v) is 2.20. The van der Waals surface area contributed by atoms with Gasteiger partial charge in [-0.1, -0.05) is 0 Å². The molecule has 0 saturated carbocycles. The zero-order valence-electron chi connectivity index (χ0n) is 9.16. The van der Waals surface area contributed by atoms with E-state index < -0.39 is 17.5 Å². The molecular weight excluding hydrogens is 196 g/mol. The van der Waals surface area contributed by atoms with E-state index in [1.54, 1.807) is 0 Å². The van der Waals surface area contributed by atoms with Crippen LogP contribution in [0.1, 0.15) is 26.7 Å². The molecule has 0 fully saturated rings. The van der Waals surface area contributed by atoms with Crippen LogP contribution in [0.2, 0.25) is 0 Å². The molecule has 0 amide bonds. The first-order chi connectivity index (χ1) is 6.90. The summed E-state index contributed by atoms with van der Waals surface area (Å²) < 4.78 is 0. The fraction of sp³-hybridized carbons (Fsp3) is 0.700. The van der Waals surface area contributed by atoms with Crippen LogP contribution in [0.5, 0.6) is 0 Å². The summed E-state index contributed by atoms with van der Waals surface area (Å²) in [7, 11) is 0. The number of ketones is 3. The van der Waals surface area contributed by atoms with Gasteiger partial charge in [-0.05, 0) is 20.3 Å². The Kier molecular flexibility index (Phi) is 5.96. The van der Waals surface area contributed by atoms with E-state index in [4.69, 9.17) is 11.5 Å². The minimum Gasteiger partial charge on any atom is -0.329 e. The van der Waals surface area contributed by atoms with E-state index in [9.17, 15) is 14.4 Å². The normalized spacial score (nSPS) is 12.6. The molecule has 0 radical (unpaired) electrons. The molecule has 0 aliphatic carbocycles. The van der Waals surface area contributed by atoms with Crippen molar-refractivity contribution in [3.63, 3.8) is 0 Å². The Morgan fingerprint density at radius 1 is 1.13 bits per heavy atom. The van der Waals surface area contributed by atoms with Gasteiger partial charge in [0.2, 0.25) is 0 Å². The Labute approximate surface area is 89.2 Å². The summed E-state index contributed by atoms with van der Waals surface area (Å²) in [6.45, 7) is 2.78. The monoisotopic (exact) mass is 214 g/mol. The van der Waals surface area contributed by atoms with E-state index in [1.165, 1.54) is 13.8 Å². The summed E-state index contributed by atoms with van der Waals surface area (Å²) >= 11 is 0. The molecule has 0 aromatic rings. The van der Waals surface area contributed by atoms with Gasteiger partial charge in [0.25, 0.3) is 0 Å². The molecule has 0 aromatic carbocycles. The van der Waals surface area contributed by atoms with Crippen LogP contribution in [0.4, 0.5) is 0 Å². The van der Waals surface area contributed by atoms with Gasteiger partial charge in [0.15, 0.2) is 5.78 Å². The van der Waals surface area contributed by atoms with Gasteiger partial charge in [-0.25, -0.2) is 0 Å². The molecular formula is C10H18N2O3. The number of nitrogens with two attached hydrogens (primary N) is 2. The van der Waals surface area contributed by atoms with Crippen LogP contribution in [0.3, 0.4) is 0 Å². The lowest BCUT2D eigenvalue weighted by Crippen LogP contribution is -2.33. The summed E-state index contributed by atoms with van der Waals surface area (Å²) in [6.07, 6.45) is 0.536. The molecule has 0 saturated heterocycles. The summed E-state index contributed by atoms with van der Waals surface area (Å²) in [6, 6.07) is -0.256. The second-order valence-electron chi connectivity index (χ2n) is 3.66. The zero-order valence-corrected chi connectivity index (χ0v) is 9.16. The Balaban J connectivity index is 4.28. The third-order valence-electron chi connectivity index (χ3n) is 2.20. The van der Waals surface area contributed by atoms with Crippen LogP contribution in [0.15, 0.2) is 0 Å². The maximum absolute atomic E-state index is 11.5. The molecule has 0 aliphatic heterocycles. The number of carbonyl (C=O) groups is 3. The Morgan fingerprint density at radius 3 is 1.93 bits per heavy atom. The van der Waals surface area contributed by atoms with Crippen molar-refractivity contribution in [2.75, 3.05) is 6.54 Å². The van der Waals surface area contributed by atoms with E-state index >= 15 is 0 Å². The number of hydrogen-bond donors (Lipinski definition) is 2. The van der Waals surface area contributed by atoms with Crippen molar-refractivity contribution in [1.29, 1.82) is 0 Å². The Morgan fingerprint density at radius 2 is 1.60 bits per heavy atom. The van der Waals surface area contributed by atoms with Crippen molar-refractivity contribution in [2.24, 2.45) is 17.4 Å². The number of rotatable bonds is 7. The molecule has 5 heteroatoms. The molecule has 0 spiro atoms. The van der Waals surface area contributed by atoms with Gasteiger partial charge in [0.05, 0.1) is 0 Å². The van der Waals surface area contributed by atoms with Crippen molar-refractivity contribution in [3.05, 3.63) is 0 Å². The molecule has 0 aliphatic rings. The van der Waals surface area contributed by atoms with E-state index in [-0.39, 0.29) is 24.8 Å². The van der Waals surface area contributed by atoms with Crippen molar-refractivity contribution in [3.8, 4) is 0 Å². The molecule has 0 bridgehead atoms. The lowest BCUT2D eigenvalue weighted by Gasteiger charge is -2.11. The van der Waals surface area contributed by atoms with Crippen molar-refractivity contribution >= 4 is 17.3 Å². The first-order valence-electron chi connectivity index (χ1n) is 4.89. The van der Waals surface area contributed by atoms with Gasteiger partial charge in [0.1, 0.15) is 17.5 Å². The first kappa shape index (κ1) is 13.9. The zero-order chi connectivity index (χ0) is 12.0. The van der Waals surface area contributed by atoms with Crippen molar-refractivity contribution < 1.29 is 14.4 Å². The van der Waals surface area contributed by atoms with Gasteiger partial charge < -0.3 is 11.5 Å². The van der Waals surface area contributed by atoms with Gasteiger partial charge >= 0.3 is 0 Å². The third kappa shape index (κ3) is 4.80. The predicted molar refractivity (Wildman–Crippen MR) is 56.1 cm³/mol. The largest absolute Gasteiger partial charge is 0.329 e. The van der Waals surface area contributed by atoms with Crippen LogP contribution < -0.4 is 11.5 Å². The average molecular weight is 214 g/mol. The molecule has 86 valence electrons. The predicted octanol–water partition coefficient (Wildman–Crippen LogP) is -0.584. The summed E-state index contributed by atoms with van der Waals surface area (Å²) in [5.41, 5.74) is 10.8. The molecule has 1 unspecified atom stereocenters. The smallest absolute Gasteiger partial charge is 0.150 e. The topological polar surface area (TPSA) is 103 Å². The lowest BCUT2D eigenvalue weighted by atomic mass is 9.92. The van der Waals surface area contributed by atoms with Gasteiger partial charge in [-0.3, -0.25) is 14.4 Å². The first-order valence-corrected chi connectivity index (χ1v) is 4.89. The number of Topliss-reactive ketones (excluding diaryl/α,β-unsaturated/α-hetero) is 3. The van der Waals surface area contributed by atoms with Gasteiger partial charge in [0, 0.05) is 19.0 Å². The minimum absolute atomic E-state index is 0.127. The number of hydrogen-bond acceptors (Lipinski definition) is 5. The summed E-state index contributed by atoms with van der Waals surface area (Å²) in [5.74, 6) is -2.29. The highest BCUT2D eigenvalue weighted by molar-refractivity contribution is 6.18. The highest BCUT2D eigenvalue weighted by Gasteiger charge is 2.27. The highest BCUT2D eigenvalue weighted by Crippen LogP contribution is 2.08. The van der Waals surface area contributed by atoms with Crippen LogP contribution in [-0.2, 0) is 14.4 Å². The van der Waals surface area contributed by atoms with Crippen LogP contribution >= 0.6 is 0 Å². The Bertz CT molecular complexity index is 249. The molecule has 5 nitrogen and oxygen atoms in total. The summed E-state index contributed by atoms with van der Waals surface area (Å²) in [5, 5.41) is 0. The van der Waals surface area contributed by atoms with E-state index in [0.717, 1.165) is 0 Å². The molecule has 4 N–H and O–H groups in total. The summed E-state index contributed by atoms with van der Waals surface area (Å²) in [4.78, 5) is 33.6. The van der Waals surface area contributed by atoms with E-state index in [2.05, 4.69) is 0 Å². The van der Waals surface area contributed by atoms with Crippen LogP contribution in [0.25, 0.3) is 0 Å². The standard InChI is InChI=1S/C10H18N2O3/c1-6(13)10(7(2)14)9(15)4-3-8(12)5-11/h8,10H,3-5,11-12H2,1-2H3. The fourth-order valence-electron chi connectivity index (χ4n) is 1.33. The van der Waals surface area contributed by atoms with E-state index in [1.807, 2.05) is 0 Å². The second-order valence-corrected chi connectivity index (χ2v) is 3.66. The highest BCUT2D eigenvalue weighted by atomic mass is 16.2. The molecule has 15 heavy (non-hydrogen) atoms. The molecule has 1 atom stereocenters. The average Bonchev–Trinajstić information content (AvgIpc) is 2.12. The minimum atomic E-state index is -1.12. The van der Waals surface area contributed by atoms with Gasteiger partial charge in [-0.15, -0.1) is 0 Å². The fourth-order valence-corrected chi connectivity index (χ4v) is 1.33. The SMILES string of the molecule is CC(=O)C(C(C)=O)C(=O)CCC(N)CN. The molecule has 0 rings (SSSR count). The molecule has 0 aromatic heterocycles. The number of carbonyl (C=O) groups excluding carboxylic acids is 3. The van der Waals surface area contributed by atoms with Crippen LogP contribution in [-0.4, -0.2) is 29.9 Å². The van der Waals surface area contributed by atoms with E-state index in [0.29, 0.717) is 6.42 Å². The quantitative estimate of drug-likeness (QED) is 0.552. The van der Waals surface area contributed by atoms with Crippen LogP contribution in [0, 0.1) is 5.92 Å². The molecule has 0 heterocycles. The van der Waals surface area contributed by atoms with Gasteiger partial charge in [-0.2, -0.15) is 0 Å². The van der Waals surface area contributed by atoms with Crippen molar-refractivity contribution in [1.82, 2.24) is 0 Å². The maximum Gasteiger partial charge on any atom is 0.150 e. The maximum atomic E-state index is 11.5. The van der Waals surface area contributed by atoms with Crippen molar-refractivity contribution in [2.45, 2.75) is 32.7 Å².